The number of fused-ring (bicyclic) bond motifs is 10. The van der Waals surface area contributed by atoms with Crippen molar-refractivity contribution in [1.29, 1.82) is 0 Å². The average Bonchev–Trinajstić information content (AvgIpc) is 1.68. The van der Waals surface area contributed by atoms with Crippen molar-refractivity contribution in [3.8, 4) is 107 Å². The fourth-order valence-corrected chi connectivity index (χ4v) is 22.7. The highest BCUT2D eigenvalue weighted by Gasteiger charge is 2.42. The van der Waals surface area contributed by atoms with Crippen LogP contribution in [0.2, 0.25) is 0 Å². The summed E-state index contributed by atoms with van der Waals surface area (Å²) in [6.07, 6.45) is 4.37. The van der Waals surface area contributed by atoms with Crippen LogP contribution < -0.4 is 35.0 Å². The largest absolute Gasteiger partial charge is 0.452 e. The van der Waals surface area contributed by atoms with Gasteiger partial charge in [0.2, 0.25) is 0 Å². The number of thiazole rings is 1. The Morgan fingerprint density at radius 3 is 1.12 bits per heavy atom. The molecule has 9 heterocycles. The molecule has 6 aromatic heterocycles. The van der Waals surface area contributed by atoms with Crippen LogP contribution in [0.5, 0.6) is 34.5 Å². The molecule has 0 aliphatic carbocycles. The highest BCUT2D eigenvalue weighted by atomic mass is 32.1. The van der Waals surface area contributed by atoms with Gasteiger partial charge >= 0.3 is 0 Å². The number of benzene rings is 14. The van der Waals surface area contributed by atoms with Crippen LogP contribution in [0.25, 0.3) is 137 Å². The lowest BCUT2D eigenvalue weighted by atomic mass is 10.00. The standard InChI is InChI=1S/C39H30N2OSi.C33H22N4O.C28H19N3OS/c1-2-37-40-34-27-26-33(39-38(34)41(37)35-20-12-13-21-36(35)42-39)28-22-24-32(25-23-28)43(29-14-6-3-7-15-29,30-16-8-4-9-17-30)31-18-10-5-11-19-31;1-2-29-35-26-18-16-24(33-32(26)37(29)27-7-3-4-8-28(27)38-33)20-9-11-21(12-10-20)25-17-15-23-14-13-22-6-5-19-34-30(22)31(23)36-25;1-2-25-29-21-16-15-19(27-26(21)31(25)22-8-4-5-9-23(22)32-27)17-11-13-18(14-12-17)28-30-20-7-3-6-10-24(20)33-28/h3-27H,2H2,1H3;3-19H,2H2,1H3;3-16H,2H2,1H3. The SMILES string of the molecule is CCc1nc2ccc(-c3ccc(-c4ccc5ccc6cccnc6c5n4)cc3)c3c2n1-c1ccccc1O3.CCc1nc2ccc(-c3ccc(-c4nc5ccccc5s4)cc3)c3c2n1-c1ccccc1O3.CCc1nc2ccc(-c3ccc([Si](c4ccccc4)(c4ccccc4)c4ccccc4)cc3)c3c2n1-c1ccccc1O3. The maximum absolute atomic E-state index is 6.65. The van der Waals surface area contributed by atoms with Gasteiger partial charge in [0.05, 0.1) is 60.6 Å². The molecule has 14 aromatic carbocycles. The zero-order valence-corrected chi connectivity index (χ0v) is 64.4. The van der Waals surface area contributed by atoms with Gasteiger partial charge in [-0.2, -0.15) is 0 Å². The summed E-state index contributed by atoms with van der Waals surface area (Å²) in [6, 6.07) is 118. The molecule has 3 aliphatic rings. The van der Waals surface area contributed by atoms with E-state index in [0.717, 1.165) is 204 Å². The summed E-state index contributed by atoms with van der Waals surface area (Å²) in [5.41, 5.74) is 21.6. The van der Waals surface area contributed by atoms with Gasteiger partial charge in [0.1, 0.15) is 39.0 Å². The van der Waals surface area contributed by atoms with E-state index in [1.54, 1.807) is 11.3 Å². The minimum Gasteiger partial charge on any atom is -0.452 e. The lowest BCUT2D eigenvalue weighted by Gasteiger charge is -2.34. The van der Waals surface area contributed by atoms with Gasteiger partial charge in [-0.1, -0.05) is 257 Å². The molecule has 0 unspecified atom stereocenters. The van der Waals surface area contributed by atoms with E-state index in [2.05, 4.69) is 312 Å². The number of hydrogen-bond acceptors (Lipinski definition) is 10. The number of imidazole rings is 3. The Kier molecular flexibility index (Phi) is 16.7. The topological polar surface area (TPSA) is 120 Å². The maximum Gasteiger partial charge on any atom is 0.179 e. The summed E-state index contributed by atoms with van der Waals surface area (Å²) in [4.78, 5) is 29.2. The van der Waals surface area contributed by atoms with E-state index in [-0.39, 0.29) is 0 Å². The summed E-state index contributed by atoms with van der Waals surface area (Å²) in [7, 11) is -2.58. The zero-order valence-electron chi connectivity index (χ0n) is 62.6. The van der Waals surface area contributed by atoms with Crippen molar-refractivity contribution in [3.63, 3.8) is 0 Å². The van der Waals surface area contributed by atoms with Gasteiger partial charge in [-0.25, -0.2) is 24.9 Å². The molecule has 14 heteroatoms. The summed E-state index contributed by atoms with van der Waals surface area (Å²) < 4.78 is 27.6. The van der Waals surface area contributed by atoms with E-state index >= 15 is 0 Å². The summed E-state index contributed by atoms with van der Waals surface area (Å²) >= 11 is 1.72. The number of nitrogens with zero attached hydrogens (tertiary/aromatic N) is 9. The molecule has 3 aliphatic heterocycles. The van der Waals surface area contributed by atoms with Crippen LogP contribution in [-0.2, 0) is 19.3 Å². The predicted octanol–water partition coefficient (Wildman–Crippen LogP) is 22.5. The van der Waals surface area contributed by atoms with Crippen LogP contribution in [-0.4, -0.2) is 51.7 Å². The van der Waals surface area contributed by atoms with Gasteiger partial charge in [0.15, 0.2) is 42.6 Å². The Labute approximate surface area is 662 Å². The van der Waals surface area contributed by atoms with Gasteiger partial charge in [-0.05, 0) is 134 Å². The second kappa shape index (κ2) is 28.0. The van der Waals surface area contributed by atoms with Crippen molar-refractivity contribution < 1.29 is 14.2 Å². The molecule has 0 bridgehead atoms. The second-order valence-corrected chi connectivity index (χ2v) is 33.6. The fourth-order valence-electron chi connectivity index (χ4n) is 17.0. The molecule has 12 nitrogen and oxygen atoms in total. The first-order valence-electron chi connectivity index (χ1n) is 38.8. The molecule has 0 atom stereocenters. The molecule has 0 amide bonds. The number of aromatic nitrogens is 9. The van der Waals surface area contributed by atoms with Gasteiger partial charge in [-0.15, -0.1) is 11.3 Å². The molecule has 23 rings (SSSR count). The highest BCUT2D eigenvalue weighted by Crippen LogP contribution is 2.51. The third kappa shape index (κ3) is 11.2. The lowest BCUT2D eigenvalue weighted by Crippen LogP contribution is -2.74. The predicted molar refractivity (Wildman–Crippen MR) is 466 cm³/mol. The van der Waals surface area contributed by atoms with E-state index in [1.165, 1.54) is 25.4 Å². The number of aryl methyl sites for hydroxylation is 3. The Morgan fingerprint density at radius 2 is 0.675 bits per heavy atom. The minimum atomic E-state index is -2.58. The Hall–Kier alpha value is -14.2. The van der Waals surface area contributed by atoms with Crippen molar-refractivity contribution in [2.75, 3.05) is 0 Å². The van der Waals surface area contributed by atoms with Crippen molar-refractivity contribution in [3.05, 3.63) is 357 Å². The molecule has 0 saturated heterocycles. The molecular weight excluding hydrogens is 1440 g/mol. The summed E-state index contributed by atoms with van der Waals surface area (Å²) in [5, 5.41) is 8.67. The fraction of sp³-hybridized carbons (Fsp3) is 0.0600. The molecule has 0 spiro atoms. The highest BCUT2D eigenvalue weighted by molar-refractivity contribution is 7.21. The quantitative estimate of drug-likeness (QED) is 0.0669. The third-order valence-corrected chi connectivity index (χ3v) is 28.2. The van der Waals surface area contributed by atoms with Gasteiger partial charge in [0, 0.05) is 64.0 Å². The van der Waals surface area contributed by atoms with Crippen molar-refractivity contribution in [2.24, 2.45) is 0 Å². The first-order chi connectivity index (χ1) is 56.4. The molecule has 0 fully saturated rings. The normalized spacial score (nSPS) is 12.1. The van der Waals surface area contributed by atoms with Gasteiger partial charge < -0.3 is 14.2 Å². The third-order valence-electron chi connectivity index (χ3n) is 22.3. The Bertz CT molecular complexity index is 7010. The maximum atomic E-state index is 6.65. The van der Waals surface area contributed by atoms with Crippen molar-refractivity contribution in [1.82, 2.24) is 43.6 Å². The number of pyridine rings is 2. The monoisotopic (exact) mass is 1510 g/mol. The van der Waals surface area contributed by atoms with E-state index in [0.29, 0.717) is 0 Å². The van der Waals surface area contributed by atoms with E-state index in [9.17, 15) is 0 Å². The van der Waals surface area contributed by atoms with E-state index < -0.39 is 8.07 Å². The first-order valence-corrected chi connectivity index (χ1v) is 41.6. The summed E-state index contributed by atoms with van der Waals surface area (Å²) in [5.74, 6) is 8.28. The number of hydrogen-bond donors (Lipinski definition) is 0. The molecule has 20 aromatic rings. The molecule has 0 N–H and O–H groups in total. The van der Waals surface area contributed by atoms with Gasteiger partial charge in [-0.3, -0.25) is 18.7 Å². The Balaban J connectivity index is 0.000000108. The van der Waals surface area contributed by atoms with Gasteiger partial charge in [0.25, 0.3) is 0 Å². The number of rotatable bonds is 12. The van der Waals surface area contributed by atoms with Crippen LogP contribution in [0.15, 0.2) is 340 Å². The summed E-state index contributed by atoms with van der Waals surface area (Å²) in [6.45, 7) is 6.44. The van der Waals surface area contributed by atoms with Crippen LogP contribution >= 0.6 is 11.3 Å². The van der Waals surface area contributed by atoms with Crippen LogP contribution in [0, 0.1) is 0 Å². The van der Waals surface area contributed by atoms with Crippen LogP contribution in [0.4, 0.5) is 0 Å². The average molecular weight is 1510 g/mol. The Morgan fingerprint density at radius 1 is 0.298 bits per heavy atom. The van der Waals surface area contributed by atoms with Crippen LogP contribution in [0.3, 0.4) is 0 Å². The molecule has 0 saturated carbocycles. The van der Waals surface area contributed by atoms with Crippen molar-refractivity contribution >= 4 is 105 Å². The second-order valence-electron chi connectivity index (χ2n) is 28.8. The van der Waals surface area contributed by atoms with E-state index in [1.807, 2.05) is 66.9 Å². The first kappa shape index (κ1) is 67.9. The van der Waals surface area contributed by atoms with E-state index in [4.69, 9.17) is 39.1 Å². The molecule has 544 valence electrons. The zero-order chi connectivity index (χ0) is 76.0. The van der Waals surface area contributed by atoms with Crippen molar-refractivity contribution in [2.45, 2.75) is 40.0 Å². The molecular formula is C100H71N9O3SSi. The molecule has 0 radical (unpaired) electrons. The lowest BCUT2D eigenvalue weighted by molar-refractivity contribution is 0.476. The number of ether oxygens (including phenoxy) is 3. The van der Waals surface area contributed by atoms with Crippen LogP contribution in [0.1, 0.15) is 38.2 Å². The molecule has 114 heavy (non-hydrogen) atoms. The smallest absolute Gasteiger partial charge is 0.179 e. The number of para-hydroxylation sites is 7. The minimum absolute atomic E-state index is 0.843.